The molecule has 2 rings (SSSR count). The van der Waals surface area contributed by atoms with Crippen molar-refractivity contribution in [3.8, 4) is 0 Å². The number of benzene rings is 1. The molecule has 1 heterocycles. The van der Waals surface area contributed by atoms with E-state index in [0.29, 0.717) is 0 Å². The number of aryl methyl sites for hydroxylation is 1. The monoisotopic (exact) mass is 175 g/mol. The minimum absolute atomic E-state index is 0.415. The topological polar surface area (TPSA) is 36.0 Å². The van der Waals surface area contributed by atoms with E-state index >= 15 is 0 Å². The van der Waals surface area contributed by atoms with Crippen LogP contribution in [0.3, 0.4) is 0 Å². The molecule has 2 heteroatoms. The summed E-state index contributed by atoms with van der Waals surface area (Å²) in [5.41, 5.74) is 3.23. The summed E-state index contributed by atoms with van der Waals surface area (Å²) < 4.78 is 0. The van der Waals surface area contributed by atoms with Crippen molar-refractivity contribution in [3.05, 3.63) is 35.5 Å². The van der Waals surface area contributed by atoms with Crippen LogP contribution in [-0.4, -0.2) is 10.1 Å². The van der Waals surface area contributed by atoms with Crippen LogP contribution >= 0.6 is 0 Å². The van der Waals surface area contributed by atoms with E-state index in [9.17, 15) is 5.11 Å². The molecule has 0 saturated heterocycles. The lowest BCUT2D eigenvalue weighted by Crippen LogP contribution is -1.91. The Morgan fingerprint density at radius 2 is 2.15 bits per heavy atom. The first kappa shape index (κ1) is 8.32. The third-order valence-electron chi connectivity index (χ3n) is 2.40. The zero-order valence-corrected chi connectivity index (χ0v) is 7.83. The largest absolute Gasteiger partial charge is 0.389 e. The van der Waals surface area contributed by atoms with E-state index in [1.807, 2.05) is 18.3 Å². The van der Waals surface area contributed by atoms with Crippen LogP contribution in [0.2, 0.25) is 0 Å². The highest BCUT2D eigenvalue weighted by atomic mass is 16.3. The van der Waals surface area contributed by atoms with Gasteiger partial charge >= 0.3 is 0 Å². The average Bonchev–Trinajstić information content (AvgIpc) is 2.48. The molecule has 0 fully saturated rings. The van der Waals surface area contributed by atoms with Crippen molar-refractivity contribution in [1.82, 2.24) is 4.98 Å². The van der Waals surface area contributed by atoms with E-state index in [-0.39, 0.29) is 0 Å². The molecule has 1 unspecified atom stereocenters. The number of hydrogen-bond donors (Lipinski definition) is 2. The second kappa shape index (κ2) is 2.89. The van der Waals surface area contributed by atoms with E-state index in [1.54, 1.807) is 6.92 Å². The van der Waals surface area contributed by atoms with Gasteiger partial charge in [0.25, 0.3) is 0 Å². The van der Waals surface area contributed by atoms with Crippen LogP contribution in [0.4, 0.5) is 0 Å². The van der Waals surface area contributed by atoms with Gasteiger partial charge in [0.2, 0.25) is 0 Å². The molecule has 68 valence electrons. The molecule has 2 N–H and O–H groups in total. The summed E-state index contributed by atoms with van der Waals surface area (Å²) >= 11 is 0. The summed E-state index contributed by atoms with van der Waals surface area (Å²) in [6.07, 6.45) is 1.55. The van der Waals surface area contributed by atoms with Crippen LogP contribution in [0.15, 0.2) is 24.4 Å². The Labute approximate surface area is 77.2 Å². The van der Waals surface area contributed by atoms with E-state index in [0.717, 1.165) is 11.1 Å². The van der Waals surface area contributed by atoms with E-state index in [1.165, 1.54) is 10.9 Å². The maximum Gasteiger partial charge on any atom is 0.0782 e. The van der Waals surface area contributed by atoms with Crippen molar-refractivity contribution in [3.63, 3.8) is 0 Å². The number of para-hydroxylation sites is 1. The van der Waals surface area contributed by atoms with Crippen molar-refractivity contribution in [1.29, 1.82) is 0 Å². The Morgan fingerprint density at radius 1 is 1.38 bits per heavy atom. The van der Waals surface area contributed by atoms with E-state index in [4.69, 9.17) is 0 Å². The zero-order chi connectivity index (χ0) is 9.42. The quantitative estimate of drug-likeness (QED) is 0.686. The molecule has 13 heavy (non-hydrogen) atoms. The third-order valence-corrected chi connectivity index (χ3v) is 2.40. The molecule has 0 spiro atoms. The lowest BCUT2D eigenvalue weighted by Gasteiger charge is -2.05. The average molecular weight is 175 g/mol. The van der Waals surface area contributed by atoms with Crippen LogP contribution in [0.1, 0.15) is 24.2 Å². The lowest BCUT2D eigenvalue weighted by molar-refractivity contribution is 0.200. The van der Waals surface area contributed by atoms with Gasteiger partial charge in [0.1, 0.15) is 0 Å². The van der Waals surface area contributed by atoms with Gasteiger partial charge in [0.15, 0.2) is 0 Å². The number of aromatic nitrogens is 1. The molecular weight excluding hydrogens is 162 g/mol. The fraction of sp³-hybridized carbons (Fsp3) is 0.273. The highest BCUT2D eigenvalue weighted by Gasteiger charge is 2.07. The molecule has 2 aromatic rings. The number of aromatic amines is 1. The normalized spacial score (nSPS) is 13.5. The van der Waals surface area contributed by atoms with Crippen molar-refractivity contribution in [2.75, 3.05) is 0 Å². The fourth-order valence-corrected chi connectivity index (χ4v) is 1.67. The molecular formula is C11H13NO. The molecule has 0 saturated carbocycles. The minimum Gasteiger partial charge on any atom is -0.389 e. The molecule has 0 radical (unpaired) electrons. The summed E-state index contributed by atoms with van der Waals surface area (Å²) in [6.45, 7) is 3.84. The number of aliphatic hydroxyl groups excluding tert-OH is 1. The van der Waals surface area contributed by atoms with Gasteiger partial charge in [-0.25, -0.2) is 0 Å². The van der Waals surface area contributed by atoms with E-state index < -0.39 is 6.10 Å². The molecule has 1 aromatic carbocycles. The van der Waals surface area contributed by atoms with Gasteiger partial charge in [-0.05, 0) is 19.4 Å². The van der Waals surface area contributed by atoms with Crippen LogP contribution < -0.4 is 0 Å². The second-order valence-corrected chi connectivity index (χ2v) is 3.42. The Balaban J connectivity index is 2.77. The number of aliphatic hydroxyl groups is 1. The van der Waals surface area contributed by atoms with Crippen molar-refractivity contribution in [2.24, 2.45) is 0 Å². The summed E-state index contributed by atoms with van der Waals surface area (Å²) in [5, 5.41) is 10.7. The summed E-state index contributed by atoms with van der Waals surface area (Å²) in [4.78, 5) is 3.18. The van der Waals surface area contributed by atoms with Crippen LogP contribution in [0.5, 0.6) is 0 Å². The predicted octanol–water partition coefficient (Wildman–Crippen LogP) is 2.53. The molecule has 1 aromatic heterocycles. The molecule has 0 amide bonds. The molecule has 0 aliphatic carbocycles. The number of rotatable bonds is 1. The fourth-order valence-electron chi connectivity index (χ4n) is 1.67. The van der Waals surface area contributed by atoms with Crippen LogP contribution in [0.25, 0.3) is 10.9 Å². The van der Waals surface area contributed by atoms with Crippen LogP contribution in [-0.2, 0) is 0 Å². The Hall–Kier alpha value is -1.28. The number of nitrogens with one attached hydrogen (secondary N) is 1. The first-order valence-electron chi connectivity index (χ1n) is 4.45. The predicted molar refractivity (Wildman–Crippen MR) is 53.7 cm³/mol. The summed E-state index contributed by atoms with van der Waals surface area (Å²) in [5.74, 6) is 0. The molecule has 1 atom stereocenters. The first-order valence-corrected chi connectivity index (χ1v) is 4.45. The lowest BCUT2D eigenvalue weighted by atomic mass is 10.1. The van der Waals surface area contributed by atoms with E-state index in [2.05, 4.69) is 18.0 Å². The Kier molecular flexibility index (Phi) is 1.85. The van der Waals surface area contributed by atoms with Gasteiger partial charge in [-0.2, -0.15) is 0 Å². The Morgan fingerprint density at radius 3 is 2.85 bits per heavy atom. The molecule has 0 bridgehead atoms. The van der Waals surface area contributed by atoms with Crippen molar-refractivity contribution < 1.29 is 5.11 Å². The van der Waals surface area contributed by atoms with Gasteiger partial charge < -0.3 is 10.1 Å². The minimum atomic E-state index is -0.415. The second-order valence-electron chi connectivity index (χ2n) is 3.42. The van der Waals surface area contributed by atoms with Crippen molar-refractivity contribution in [2.45, 2.75) is 20.0 Å². The maximum atomic E-state index is 9.51. The highest BCUT2D eigenvalue weighted by molar-refractivity contribution is 5.86. The van der Waals surface area contributed by atoms with Gasteiger partial charge in [0, 0.05) is 17.1 Å². The molecule has 0 aliphatic rings. The summed E-state index contributed by atoms with van der Waals surface area (Å²) in [6, 6.07) is 5.99. The van der Waals surface area contributed by atoms with Crippen LogP contribution in [0, 0.1) is 6.92 Å². The molecule has 0 aliphatic heterocycles. The summed E-state index contributed by atoms with van der Waals surface area (Å²) in [7, 11) is 0. The third kappa shape index (κ3) is 1.23. The smallest absolute Gasteiger partial charge is 0.0782 e. The van der Waals surface area contributed by atoms with Gasteiger partial charge in [-0.1, -0.05) is 18.2 Å². The molecule has 2 nitrogen and oxygen atoms in total. The SMILES string of the molecule is Cc1c[nH]c2c(C(C)O)cccc12. The van der Waals surface area contributed by atoms with Gasteiger partial charge in [-0.15, -0.1) is 0 Å². The Bertz CT molecular complexity index is 429. The van der Waals surface area contributed by atoms with Gasteiger partial charge in [-0.3, -0.25) is 0 Å². The maximum absolute atomic E-state index is 9.51. The van der Waals surface area contributed by atoms with Gasteiger partial charge in [0.05, 0.1) is 11.6 Å². The number of fused-ring (bicyclic) bond motifs is 1. The zero-order valence-electron chi connectivity index (χ0n) is 7.83. The standard InChI is InChI=1S/C11H13NO/c1-7-6-12-11-9(7)4-3-5-10(11)8(2)13/h3-6,8,12-13H,1-2H3. The first-order chi connectivity index (χ1) is 6.20. The number of H-pyrrole nitrogens is 1. The number of hydrogen-bond acceptors (Lipinski definition) is 1. The van der Waals surface area contributed by atoms with Crippen molar-refractivity contribution >= 4 is 10.9 Å². The highest BCUT2D eigenvalue weighted by Crippen LogP contribution is 2.25.